The summed E-state index contributed by atoms with van der Waals surface area (Å²) in [5.74, 6) is -0.189. The van der Waals surface area contributed by atoms with Crippen molar-refractivity contribution >= 4 is 40.2 Å². The Morgan fingerprint density at radius 1 is 1.06 bits per heavy atom. The minimum Gasteiger partial charge on any atom is -0.453 e. The van der Waals surface area contributed by atoms with Crippen molar-refractivity contribution in [1.82, 2.24) is 0 Å². The van der Waals surface area contributed by atoms with Crippen LogP contribution in [-0.2, 0) is 21.7 Å². The molecule has 1 N–H and O–H groups in total. The Kier molecular flexibility index (Phi) is 5.69. The number of carbonyl (C=O) groups excluding carboxylic acids is 1. The summed E-state index contributed by atoms with van der Waals surface area (Å²) in [4.78, 5) is 14.6. The zero-order chi connectivity index (χ0) is 21.5. The third-order valence-corrected chi connectivity index (χ3v) is 8.99. The highest BCUT2D eigenvalue weighted by atomic mass is 35.5. The van der Waals surface area contributed by atoms with Gasteiger partial charge < -0.3 is 14.3 Å². The van der Waals surface area contributed by atoms with Crippen LogP contribution in [0.4, 0.5) is 0 Å². The van der Waals surface area contributed by atoms with Crippen LogP contribution in [0.25, 0.3) is 0 Å². The van der Waals surface area contributed by atoms with Crippen LogP contribution in [0.2, 0.25) is 5.02 Å². The molecule has 3 fully saturated rings. The summed E-state index contributed by atoms with van der Waals surface area (Å²) in [7, 11) is 0. The first-order valence-electron chi connectivity index (χ1n) is 10.6. The maximum absolute atomic E-state index is 13.4. The van der Waals surface area contributed by atoms with E-state index >= 15 is 0 Å². The average molecular weight is 475 g/mol. The molecule has 6 rings (SSSR count). The number of thiophene rings is 2. The van der Waals surface area contributed by atoms with Crippen LogP contribution < -0.4 is 0 Å². The van der Waals surface area contributed by atoms with E-state index in [4.69, 9.17) is 16.3 Å². The van der Waals surface area contributed by atoms with E-state index in [1.165, 1.54) is 28.2 Å². The normalized spacial score (nSPS) is 25.5. The molecule has 2 aromatic heterocycles. The van der Waals surface area contributed by atoms with Crippen LogP contribution >= 0.6 is 34.3 Å². The van der Waals surface area contributed by atoms with Crippen molar-refractivity contribution in [2.45, 2.75) is 31.1 Å². The lowest BCUT2D eigenvalue weighted by molar-refractivity contribution is -0.958. The number of halogens is 1. The summed E-state index contributed by atoms with van der Waals surface area (Å²) in [6, 6.07) is 15.4. The zero-order valence-corrected chi connectivity index (χ0v) is 19.5. The number of hydrogen-bond acceptors (Lipinski definition) is 5. The standard InChI is InChI=1S/C24H25ClNO3S2/c25-19-7-5-17(6-8-19)15-26-11-9-18(10-12-26)20(16-26)29-23(27)24(28,21-3-1-13-30-21)22-4-2-14-31-22/h1-8,13-14,18,20,28H,9-12,15-16H2/q+1/t18?,20-,26?/m0/s1. The number of piperidine rings is 3. The van der Waals surface area contributed by atoms with Crippen molar-refractivity contribution in [3.05, 3.63) is 79.6 Å². The molecule has 31 heavy (non-hydrogen) atoms. The van der Waals surface area contributed by atoms with Gasteiger partial charge in [0.05, 0.1) is 22.8 Å². The summed E-state index contributed by atoms with van der Waals surface area (Å²) >= 11 is 8.81. The predicted molar refractivity (Wildman–Crippen MR) is 124 cm³/mol. The summed E-state index contributed by atoms with van der Waals surface area (Å²) in [6.45, 7) is 3.91. The maximum atomic E-state index is 13.4. The topological polar surface area (TPSA) is 46.5 Å². The highest BCUT2D eigenvalue weighted by molar-refractivity contribution is 7.12. The van der Waals surface area contributed by atoms with E-state index in [0.29, 0.717) is 15.7 Å². The molecule has 5 heterocycles. The van der Waals surface area contributed by atoms with E-state index in [1.54, 1.807) is 12.1 Å². The van der Waals surface area contributed by atoms with Gasteiger partial charge in [-0.05, 0) is 35.0 Å². The van der Waals surface area contributed by atoms with Crippen LogP contribution in [0.5, 0.6) is 0 Å². The fourth-order valence-electron chi connectivity index (χ4n) is 5.07. The van der Waals surface area contributed by atoms with E-state index in [1.807, 2.05) is 35.0 Å². The lowest BCUT2D eigenvalue weighted by Crippen LogP contribution is -2.64. The van der Waals surface area contributed by atoms with Crippen molar-refractivity contribution < 1.29 is 19.1 Å². The number of esters is 1. The van der Waals surface area contributed by atoms with E-state index in [-0.39, 0.29) is 6.10 Å². The average Bonchev–Trinajstić information content (AvgIpc) is 3.50. The van der Waals surface area contributed by atoms with Gasteiger partial charge in [0.25, 0.3) is 0 Å². The molecule has 0 radical (unpaired) electrons. The molecule has 0 amide bonds. The molecule has 0 spiro atoms. The molecular weight excluding hydrogens is 450 g/mol. The molecule has 3 aliphatic heterocycles. The molecule has 162 valence electrons. The first kappa shape index (κ1) is 21.2. The van der Waals surface area contributed by atoms with Gasteiger partial charge in [-0.15, -0.1) is 22.7 Å². The van der Waals surface area contributed by atoms with Gasteiger partial charge >= 0.3 is 5.97 Å². The minimum absolute atomic E-state index is 0.172. The van der Waals surface area contributed by atoms with Gasteiger partial charge in [-0.25, -0.2) is 4.79 Å². The molecule has 3 saturated heterocycles. The first-order valence-corrected chi connectivity index (χ1v) is 12.7. The Labute approximate surface area is 195 Å². The molecule has 0 aliphatic carbocycles. The molecule has 7 heteroatoms. The number of nitrogens with zero attached hydrogens (tertiary/aromatic N) is 1. The Morgan fingerprint density at radius 3 is 2.23 bits per heavy atom. The molecule has 2 bridgehead atoms. The Bertz CT molecular complexity index is 991. The molecule has 3 aromatic rings. The monoisotopic (exact) mass is 474 g/mol. The van der Waals surface area contributed by atoms with Crippen LogP contribution in [0.3, 0.4) is 0 Å². The second-order valence-electron chi connectivity index (χ2n) is 8.70. The molecule has 0 unspecified atom stereocenters. The van der Waals surface area contributed by atoms with Crippen molar-refractivity contribution in [2.24, 2.45) is 5.92 Å². The lowest BCUT2D eigenvalue weighted by Gasteiger charge is -2.52. The number of carbonyl (C=O) groups is 1. The number of ether oxygens (including phenoxy) is 1. The number of hydrogen-bond donors (Lipinski definition) is 1. The quantitative estimate of drug-likeness (QED) is 0.401. The van der Waals surface area contributed by atoms with Crippen LogP contribution in [0, 0.1) is 5.92 Å². The largest absolute Gasteiger partial charge is 0.453 e. The van der Waals surface area contributed by atoms with Crippen LogP contribution in [-0.4, -0.2) is 41.3 Å². The number of rotatable bonds is 6. The summed E-state index contributed by atoms with van der Waals surface area (Å²) in [5, 5.41) is 16.1. The Balaban J connectivity index is 1.37. The molecule has 3 aliphatic rings. The van der Waals surface area contributed by atoms with Gasteiger partial charge in [0.2, 0.25) is 5.60 Å². The Morgan fingerprint density at radius 2 is 1.68 bits per heavy atom. The number of fused-ring (bicyclic) bond motifs is 3. The third kappa shape index (κ3) is 3.96. The number of aliphatic hydroxyl groups is 1. The third-order valence-electron chi connectivity index (χ3n) is 6.78. The van der Waals surface area contributed by atoms with Gasteiger partial charge in [0.15, 0.2) is 6.10 Å². The summed E-state index contributed by atoms with van der Waals surface area (Å²) in [5.41, 5.74) is -0.487. The van der Waals surface area contributed by atoms with E-state index < -0.39 is 11.6 Å². The minimum atomic E-state index is -1.74. The van der Waals surface area contributed by atoms with E-state index in [2.05, 4.69) is 12.1 Å². The maximum Gasteiger partial charge on any atom is 0.349 e. The first-order chi connectivity index (χ1) is 15.0. The van der Waals surface area contributed by atoms with Gasteiger partial charge in [0.1, 0.15) is 13.1 Å². The molecule has 0 saturated carbocycles. The second-order valence-corrected chi connectivity index (χ2v) is 11.0. The van der Waals surface area contributed by atoms with E-state index in [9.17, 15) is 9.90 Å². The Hall–Kier alpha value is -1.70. The van der Waals surface area contributed by atoms with E-state index in [0.717, 1.165) is 48.5 Å². The van der Waals surface area contributed by atoms with Crippen molar-refractivity contribution in [2.75, 3.05) is 19.6 Å². The fourth-order valence-corrected chi connectivity index (χ4v) is 6.91. The fraction of sp³-hybridized carbons (Fsp3) is 0.375. The number of quaternary nitrogens is 1. The smallest absolute Gasteiger partial charge is 0.349 e. The summed E-state index contributed by atoms with van der Waals surface area (Å²) in [6.07, 6.45) is 1.91. The SMILES string of the molecule is O=C(O[C@H]1C[N+]2(Cc3ccc(Cl)cc3)CCC1CC2)C(O)(c1cccs1)c1cccs1. The van der Waals surface area contributed by atoms with Gasteiger partial charge in [-0.2, -0.15) is 0 Å². The van der Waals surface area contributed by atoms with Crippen molar-refractivity contribution in [3.8, 4) is 0 Å². The van der Waals surface area contributed by atoms with Crippen LogP contribution in [0.15, 0.2) is 59.3 Å². The second kappa shape index (κ2) is 8.34. The highest BCUT2D eigenvalue weighted by Crippen LogP contribution is 2.41. The highest BCUT2D eigenvalue weighted by Gasteiger charge is 2.51. The van der Waals surface area contributed by atoms with Gasteiger partial charge in [0, 0.05) is 29.3 Å². The van der Waals surface area contributed by atoms with Crippen molar-refractivity contribution in [3.63, 3.8) is 0 Å². The lowest BCUT2D eigenvalue weighted by atomic mass is 9.82. The molecule has 1 aromatic carbocycles. The van der Waals surface area contributed by atoms with Crippen LogP contribution in [0.1, 0.15) is 28.2 Å². The zero-order valence-electron chi connectivity index (χ0n) is 17.1. The summed E-state index contributed by atoms with van der Waals surface area (Å²) < 4.78 is 7.03. The molecular formula is C24H25ClNO3S2+. The van der Waals surface area contributed by atoms with Crippen molar-refractivity contribution in [1.29, 1.82) is 0 Å². The predicted octanol–water partition coefficient (Wildman–Crippen LogP) is 5.05. The van der Waals surface area contributed by atoms with Gasteiger partial charge in [-0.1, -0.05) is 35.9 Å². The molecule has 1 atom stereocenters. The number of benzene rings is 1. The molecule has 4 nitrogen and oxygen atoms in total. The van der Waals surface area contributed by atoms with Gasteiger partial charge in [-0.3, -0.25) is 0 Å².